The molecule has 0 heterocycles. The third kappa shape index (κ3) is 6.48. The summed E-state index contributed by atoms with van der Waals surface area (Å²) in [6.07, 6.45) is 9.07. The van der Waals surface area contributed by atoms with E-state index in [-0.39, 0.29) is 29.8 Å². The Morgan fingerprint density at radius 1 is 1.25 bits per heavy atom. The minimum atomic E-state index is -0.766. The number of aliphatic carboxylic acids is 1. The maximum atomic E-state index is 12.5. The van der Waals surface area contributed by atoms with Crippen LogP contribution in [-0.4, -0.2) is 29.8 Å². The van der Waals surface area contributed by atoms with Gasteiger partial charge < -0.3 is 9.84 Å². The van der Waals surface area contributed by atoms with Crippen LogP contribution in [-0.2, 0) is 9.59 Å². The maximum Gasteiger partial charge on any atom is 0.303 e. The number of carbonyl (C=O) groups excluding carboxylic acids is 2. The van der Waals surface area contributed by atoms with Gasteiger partial charge in [-0.1, -0.05) is 36.9 Å². The average Bonchev–Trinajstić information content (AvgIpc) is 3.01. The molecule has 28 heavy (non-hydrogen) atoms. The zero-order valence-electron chi connectivity index (χ0n) is 16.2. The number of carbonyl (C=O) groups is 3. The molecule has 2 unspecified atom stereocenters. The highest BCUT2D eigenvalue weighted by molar-refractivity contribution is 6.31. The first-order valence-corrected chi connectivity index (χ1v) is 10.1. The molecule has 1 N–H and O–H groups in total. The molecule has 0 amide bonds. The molecule has 2 rings (SSSR count). The molecule has 0 aromatic heterocycles. The quantitative estimate of drug-likeness (QED) is 0.314. The highest BCUT2D eigenvalue weighted by atomic mass is 35.5. The fourth-order valence-corrected chi connectivity index (χ4v) is 3.87. The van der Waals surface area contributed by atoms with E-state index < -0.39 is 5.97 Å². The second kappa shape index (κ2) is 11.0. The number of carboxylic acid groups (broad SMARTS) is 1. The molecule has 0 radical (unpaired) electrons. The Labute approximate surface area is 170 Å². The monoisotopic (exact) mass is 406 g/mol. The van der Waals surface area contributed by atoms with Gasteiger partial charge in [0.05, 0.1) is 12.7 Å². The van der Waals surface area contributed by atoms with E-state index in [9.17, 15) is 14.4 Å². The number of ketones is 2. The Balaban J connectivity index is 1.90. The second-order valence-corrected chi connectivity index (χ2v) is 7.63. The average molecular weight is 407 g/mol. The van der Waals surface area contributed by atoms with Crippen LogP contribution in [0.4, 0.5) is 0 Å². The first-order valence-electron chi connectivity index (χ1n) is 9.73. The van der Waals surface area contributed by atoms with Crippen molar-refractivity contribution in [3.05, 3.63) is 40.9 Å². The van der Waals surface area contributed by atoms with Gasteiger partial charge in [-0.3, -0.25) is 14.4 Å². The van der Waals surface area contributed by atoms with Gasteiger partial charge in [0.1, 0.15) is 11.5 Å². The minimum absolute atomic E-state index is 0.0457. The Kier molecular flexibility index (Phi) is 8.71. The lowest BCUT2D eigenvalue weighted by Crippen LogP contribution is -2.13. The van der Waals surface area contributed by atoms with Crippen LogP contribution in [0.2, 0.25) is 5.02 Å². The van der Waals surface area contributed by atoms with Gasteiger partial charge in [-0.15, -0.1) is 0 Å². The van der Waals surface area contributed by atoms with E-state index in [1.165, 1.54) is 13.2 Å². The minimum Gasteiger partial charge on any atom is -0.496 e. The van der Waals surface area contributed by atoms with Crippen LogP contribution in [0.15, 0.2) is 30.4 Å². The molecule has 0 aliphatic heterocycles. The van der Waals surface area contributed by atoms with Gasteiger partial charge >= 0.3 is 5.97 Å². The van der Waals surface area contributed by atoms with Gasteiger partial charge in [0.2, 0.25) is 0 Å². The van der Waals surface area contributed by atoms with Gasteiger partial charge in [0, 0.05) is 23.8 Å². The van der Waals surface area contributed by atoms with Crippen molar-refractivity contribution in [1.82, 2.24) is 0 Å². The summed E-state index contributed by atoms with van der Waals surface area (Å²) < 4.78 is 5.23. The number of Topliss-reactive ketones (excluding diaryl/α,β-unsaturated/α-hetero) is 1. The smallest absolute Gasteiger partial charge is 0.303 e. The number of allylic oxidation sites excluding steroid dienone is 2. The lowest BCUT2D eigenvalue weighted by atomic mass is 9.89. The second-order valence-electron chi connectivity index (χ2n) is 7.19. The van der Waals surface area contributed by atoms with Crippen molar-refractivity contribution in [3.8, 4) is 5.75 Å². The molecule has 1 fully saturated rings. The van der Waals surface area contributed by atoms with E-state index in [0.29, 0.717) is 29.2 Å². The fraction of sp³-hybridized carbons (Fsp3) is 0.500. The molecular formula is C22H27ClO5. The fourth-order valence-electron chi connectivity index (χ4n) is 3.70. The largest absolute Gasteiger partial charge is 0.496 e. The Bertz CT molecular complexity index is 740. The van der Waals surface area contributed by atoms with Crippen LogP contribution in [0.3, 0.4) is 0 Å². The van der Waals surface area contributed by atoms with Crippen molar-refractivity contribution in [3.63, 3.8) is 0 Å². The summed E-state index contributed by atoms with van der Waals surface area (Å²) in [6.45, 7) is 0. The number of rotatable bonds is 11. The molecule has 5 nitrogen and oxygen atoms in total. The molecule has 0 saturated heterocycles. The summed E-state index contributed by atoms with van der Waals surface area (Å²) in [4.78, 5) is 35.3. The number of hydrogen-bond donors (Lipinski definition) is 1. The van der Waals surface area contributed by atoms with Crippen LogP contribution in [0, 0.1) is 11.8 Å². The summed E-state index contributed by atoms with van der Waals surface area (Å²) in [5, 5.41) is 9.15. The van der Waals surface area contributed by atoms with Gasteiger partial charge in [-0.2, -0.15) is 0 Å². The van der Waals surface area contributed by atoms with Crippen molar-refractivity contribution < 1.29 is 24.2 Å². The predicted octanol–water partition coefficient (Wildman–Crippen LogP) is 5.11. The lowest BCUT2D eigenvalue weighted by molar-refractivity contribution is -0.137. The number of carboxylic acids is 1. The molecule has 1 aliphatic carbocycles. The highest BCUT2D eigenvalue weighted by Crippen LogP contribution is 2.34. The summed E-state index contributed by atoms with van der Waals surface area (Å²) in [6, 6.07) is 4.90. The normalized spacial score (nSPS) is 19.3. The molecule has 0 bridgehead atoms. The molecular weight excluding hydrogens is 380 g/mol. The van der Waals surface area contributed by atoms with E-state index in [0.717, 1.165) is 32.1 Å². The summed E-state index contributed by atoms with van der Waals surface area (Å²) >= 11 is 5.94. The number of unbranched alkanes of at least 4 members (excludes halogenated alkanes) is 3. The third-order valence-electron chi connectivity index (χ3n) is 5.23. The van der Waals surface area contributed by atoms with E-state index in [2.05, 4.69) is 0 Å². The van der Waals surface area contributed by atoms with Crippen LogP contribution >= 0.6 is 11.6 Å². The molecule has 2 atom stereocenters. The van der Waals surface area contributed by atoms with Crippen molar-refractivity contribution >= 4 is 29.1 Å². The first-order chi connectivity index (χ1) is 13.4. The molecule has 152 valence electrons. The van der Waals surface area contributed by atoms with Crippen LogP contribution < -0.4 is 4.74 Å². The van der Waals surface area contributed by atoms with Crippen LogP contribution in [0.5, 0.6) is 5.75 Å². The number of ether oxygens (including phenoxy) is 1. The molecule has 0 spiro atoms. The number of halogens is 1. The van der Waals surface area contributed by atoms with E-state index in [1.807, 2.05) is 6.08 Å². The predicted molar refractivity (Wildman–Crippen MR) is 108 cm³/mol. The van der Waals surface area contributed by atoms with Gasteiger partial charge in [0.15, 0.2) is 5.78 Å². The first kappa shape index (κ1) is 22.2. The zero-order chi connectivity index (χ0) is 20.5. The van der Waals surface area contributed by atoms with Gasteiger partial charge in [0.25, 0.3) is 0 Å². The maximum absolute atomic E-state index is 12.5. The SMILES string of the molecule is COc1cc(Cl)ccc1C(=O)C=CC1CCC(=O)C1CCCCCCC(=O)O. The Morgan fingerprint density at radius 2 is 2.00 bits per heavy atom. The number of hydrogen-bond acceptors (Lipinski definition) is 4. The Morgan fingerprint density at radius 3 is 2.71 bits per heavy atom. The summed E-state index contributed by atoms with van der Waals surface area (Å²) in [5.41, 5.74) is 0.447. The van der Waals surface area contributed by atoms with Gasteiger partial charge in [-0.05, 0) is 49.5 Å². The highest BCUT2D eigenvalue weighted by Gasteiger charge is 2.32. The molecule has 1 aliphatic rings. The summed E-state index contributed by atoms with van der Waals surface area (Å²) in [5.74, 6) is -0.206. The molecule has 1 aromatic rings. The van der Waals surface area contributed by atoms with E-state index >= 15 is 0 Å². The van der Waals surface area contributed by atoms with Crippen molar-refractivity contribution in [2.75, 3.05) is 7.11 Å². The van der Waals surface area contributed by atoms with Crippen LogP contribution in [0.25, 0.3) is 0 Å². The molecule has 1 aromatic carbocycles. The standard InChI is InChI=1S/C22H27ClO5/c1-28-21-14-16(23)10-11-18(21)20(25)13-9-15-8-12-19(24)17(15)6-4-2-3-5-7-22(26)27/h9-11,13-15,17H,2-8,12H2,1H3,(H,26,27). The number of benzene rings is 1. The molecule has 1 saturated carbocycles. The third-order valence-corrected chi connectivity index (χ3v) is 5.47. The topological polar surface area (TPSA) is 80.7 Å². The lowest BCUT2D eigenvalue weighted by Gasteiger charge is -2.14. The van der Waals surface area contributed by atoms with E-state index in [1.54, 1.807) is 18.2 Å². The van der Waals surface area contributed by atoms with Crippen molar-refractivity contribution in [2.24, 2.45) is 11.8 Å². The zero-order valence-corrected chi connectivity index (χ0v) is 16.9. The van der Waals surface area contributed by atoms with E-state index in [4.69, 9.17) is 21.4 Å². The Hall–Kier alpha value is -2.14. The van der Waals surface area contributed by atoms with Crippen molar-refractivity contribution in [2.45, 2.75) is 51.4 Å². The van der Waals surface area contributed by atoms with Crippen LogP contribution in [0.1, 0.15) is 61.7 Å². The van der Waals surface area contributed by atoms with Crippen molar-refractivity contribution in [1.29, 1.82) is 0 Å². The number of methoxy groups -OCH3 is 1. The molecule has 6 heteroatoms. The van der Waals surface area contributed by atoms with Gasteiger partial charge in [-0.25, -0.2) is 0 Å². The summed E-state index contributed by atoms with van der Waals surface area (Å²) in [7, 11) is 1.49.